The highest BCUT2D eigenvalue weighted by Crippen LogP contribution is 2.33. The van der Waals surface area contributed by atoms with Crippen LogP contribution >= 0.6 is 0 Å². The minimum absolute atomic E-state index is 0.0128. The number of carbonyl (C=O) groups is 2. The van der Waals surface area contributed by atoms with Gasteiger partial charge in [-0.1, -0.05) is 42.5 Å². The second-order valence-corrected chi connectivity index (χ2v) is 8.53. The van der Waals surface area contributed by atoms with Crippen molar-refractivity contribution in [2.75, 3.05) is 6.79 Å². The first-order valence-electron chi connectivity index (χ1n) is 11.8. The summed E-state index contributed by atoms with van der Waals surface area (Å²) in [6, 6.07) is 20.5. The average Bonchev–Trinajstić information content (AvgIpc) is 3.61. The molecule has 0 fully saturated rings. The zero-order valence-electron chi connectivity index (χ0n) is 20.6. The molecule has 0 bridgehead atoms. The minimum Gasteiger partial charge on any atom is -0.455 e. The van der Waals surface area contributed by atoms with E-state index in [1.807, 2.05) is 0 Å². The van der Waals surface area contributed by atoms with Crippen LogP contribution in [0.4, 0.5) is 5.69 Å². The van der Waals surface area contributed by atoms with Crippen molar-refractivity contribution in [1.29, 1.82) is 0 Å². The highest BCUT2D eigenvalue weighted by molar-refractivity contribution is 5.98. The van der Waals surface area contributed by atoms with Gasteiger partial charge in [-0.25, -0.2) is 5.43 Å². The van der Waals surface area contributed by atoms with Crippen LogP contribution in [0.1, 0.15) is 33.3 Å². The van der Waals surface area contributed by atoms with Crippen molar-refractivity contribution in [1.82, 2.24) is 10.7 Å². The van der Waals surface area contributed by atoms with Crippen LogP contribution in [0.25, 0.3) is 11.3 Å². The van der Waals surface area contributed by atoms with Crippen molar-refractivity contribution in [3.8, 4) is 22.8 Å². The Morgan fingerprint density at radius 3 is 2.59 bits per heavy atom. The van der Waals surface area contributed by atoms with E-state index in [0.717, 1.165) is 0 Å². The average molecular weight is 527 g/mol. The first-order valence-corrected chi connectivity index (χ1v) is 11.8. The smallest absolute Gasteiger partial charge is 0.273 e. The second kappa shape index (κ2) is 10.9. The number of furan rings is 1. The molecule has 0 spiro atoms. The van der Waals surface area contributed by atoms with E-state index in [0.29, 0.717) is 45.3 Å². The van der Waals surface area contributed by atoms with Gasteiger partial charge in [-0.05, 0) is 42.8 Å². The molecule has 0 saturated carbocycles. The van der Waals surface area contributed by atoms with E-state index in [9.17, 15) is 19.7 Å². The van der Waals surface area contributed by atoms with Crippen LogP contribution in [0.15, 0.2) is 88.4 Å². The lowest BCUT2D eigenvalue weighted by molar-refractivity contribution is -0.385. The van der Waals surface area contributed by atoms with Crippen molar-refractivity contribution >= 4 is 23.7 Å². The molecule has 0 radical (unpaired) electrons. The van der Waals surface area contributed by atoms with Gasteiger partial charge < -0.3 is 19.2 Å². The Kier molecular flexibility index (Phi) is 7.04. The van der Waals surface area contributed by atoms with Gasteiger partial charge in [-0.3, -0.25) is 19.7 Å². The van der Waals surface area contributed by atoms with E-state index in [-0.39, 0.29) is 12.5 Å². The number of ether oxygens (including phenoxy) is 2. The molecule has 0 unspecified atom stereocenters. The fourth-order valence-electron chi connectivity index (χ4n) is 4.08. The highest BCUT2D eigenvalue weighted by Gasteiger charge is 2.24. The van der Waals surface area contributed by atoms with Crippen molar-refractivity contribution in [3.05, 3.63) is 111 Å². The predicted octanol–water partition coefficient (Wildman–Crippen LogP) is 4.51. The molecule has 3 aromatic carbocycles. The number of amides is 2. The fraction of sp³-hybridized carbons (Fsp3) is 0.107. The molecule has 2 N–H and O–H groups in total. The van der Waals surface area contributed by atoms with Crippen molar-refractivity contribution < 1.29 is 28.4 Å². The van der Waals surface area contributed by atoms with Gasteiger partial charge in [-0.15, -0.1) is 0 Å². The molecule has 0 saturated heterocycles. The Bertz CT molecular complexity index is 1580. The molecule has 2 heterocycles. The number of hydrazone groups is 1. The van der Waals surface area contributed by atoms with Crippen LogP contribution in [-0.2, 0) is 4.79 Å². The second-order valence-electron chi connectivity index (χ2n) is 8.53. The summed E-state index contributed by atoms with van der Waals surface area (Å²) in [6.45, 7) is 1.72. The topological polar surface area (TPSA) is 145 Å². The molecule has 11 heteroatoms. The molecule has 2 amide bonds. The summed E-state index contributed by atoms with van der Waals surface area (Å²) in [4.78, 5) is 36.8. The van der Waals surface area contributed by atoms with Gasteiger partial charge in [0.2, 0.25) is 6.79 Å². The maximum Gasteiger partial charge on any atom is 0.273 e. The van der Waals surface area contributed by atoms with Gasteiger partial charge in [-0.2, -0.15) is 5.10 Å². The molecule has 1 aliphatic rings. The lowest BCUT2D eigenvalue weighted by atomic mass is 10.1. The molecule has 0 aliphatic carbocycles. The Labute approximate surface area is 222 Å². The zero-order valence-corrected chi connectivity index (χ0v) is 20.6. The lowest BCUT2D eigenvalue weighted by Gasteiger charge is -2.17. The number of nitro benzene ring substituents is 1. The molecule has 1 atom stereocenters. The van der Waals surface area contributed by atoms with Crippen molar-refractivity contribution in [3.63, 3.8) is 0 Å². The van der Waals surface area contributed by atoms with Crippen LogP contribution in [-0.4, -0.2) is 29.7 Å². The number of hydrogen-bond acceptors (Lipinski definition) is 8. The standard InChI is InChI=1S/C28H22N4O7/c1-17-21(8-5-9-22(17)32(35)36)23-13-11-20(39-23)15-29-31-28(34)26(18-6-3-2-4-7-18)30-27(33)19-10-12-24-25(14-19)38-16-37-24/h2-15,26H,16H2,1H3,(H,30,33)(H,31,34)/b29-15-/t26-/m1/s1. The third-order valence-corrected chi connectivity index (χ3v) is 6.07. The van der Waals surface area contributed by atoms with Gasteiger partial charge in [0.15, 0.2) is 11.5 Å². The van der Waals surface area contributed by atoms with Crippen LogP contribution in [0, 0.1) is 17.0 Å². The summed E-state index contributed by atoms with van der Waals surface area (Å²) >= 11 is 0. The molecule has 4 aromatic rings. The first-order chi connectivity index (χ1) is 18.9. The van der Waals surface area contributed by atoms with E-state index in [1.54, 1.807) is 79.7 Å². The molecular weight excluding hydrogens is 504 g/mol. The number of hydrogen-bond donors (Lipinski definition) is 2. The molecule has 39 heavy (non-hydrogen) atoms. The SMILES string of the molecule is Cc1c(-c2ccc(/C=N\NC(=O)[C@H](NC(=O)c3ccc4c(c3)OCO4)c3ccccc3)o2)cccc1[N+](=O)[O-]. The molecule has 1 aliphatic heterocycles. The quantitative estimate of drug-likeness (QED) is 0.195. The Morgan fingerprint density at radius 1 is 1.00 bits per heavy atom. The minimum atomic E-state index is -1.04. The normalized spacial score (nSPS) is 12.7. The first kappa shape index (κ1) is 25.2. The summed E-state index contributed by atoms with van der Waals surface area (Å²) < 4.78 is 16.4. The number of rotatable bonds is 8. The summed E-state index contributed by atoms with van der Waals surface area (Å²) in [5.74, 6) is 0.669. The molecule has 1 aromatic heterocycles. The van der Waals surface area contributed by atoms with Crippen LogP contribution in [0.3, 0.4) is 0 Å². The third-order valence-electron chi connectivity index (χ3n) is 6.07. The molecule has 196 valence electrons. The maximum absolute atomic E-state index is 13.1. The van der Waals surface area contributed by atoms with Crippen molar-refractivity contribution in [2.24, 2.45) is 5.10 Å². The molecule has 11 nitrogen and oxygen atoms in total. The van der Waals surface area contributed by atoms with E-state index in [1.165, 1.54) is 12.3 Å². The number of carbonyl (C=O) groups excluding carboxylic acids is 2. The van der Waals surface area contributed by atoms with E-state index in [4.69, 9.17) is 13.9 Å². The molecular formula is C28H22N4O7. The maximum atomic E-state index is 13.1. The largest absolute Gasteiger partial charge is 0.455 e. The van der Waals surface area contributed by atoms with Crippen LogP contribution in [0.5, 0.6) is 11.5 Å². The zero-order chi connectivity index (χ0) is 27.4. The van der Waals surface area contributed by atoms with Crippen molar-refractivity contribution in [2.45, 2.75) is 13.0 Å². The highest BCUT2D eigenvalue weighted by atomic mass is 16.7. The number of fused-ring (bicyclic) bond motifs is 1. The van der Waals surface area contributed by atoms with Gasteiger partial charge in [0, 0.05) is 22.8 Å². The third kappa shape index (κ3) is 5.47. The van der Waals surface area contributed by atoms with E-state index in [2.05, 4.69) is 15.8 Å². The fourth-order valence-corrected chi connectivity index (χ4v) is 4.08. The lowest BCUT2D eigenvalue weighted by Crippen LogP contribution is -2.38. The van der Waals surface area contributed by atoms with Gasteiger partial charge in [0.1, 0.15) is 17.6 Å². The predicted molar refractivity (Wildman–Crippen MR) is 140 cm³/mol. The summed E-state index contributed by atoms with van der Waals surface area (Å²) in [6.07, 6.45) is 1.30. The van der Waals surface area contributed by atoms with Crippen LogP contribution < -0.4 is 20.2 Å². The Morgan fingerprint density at radius 2 is 1.79 bits per heavy atom. The number of nitrogens with zero attached hydrogens (tertiary/aromatic N) is 2. The van der Waals surface area contributed by atoms with E-state index >= 15 is 0 Å². The van der Waals surface area contributed by atoms with Gasteiger partial charge in [0.05, 0.1) is 11.1 Å². The Hall–Kier alpha value is -5.45. The summed E-state index contributed by atoms with van der Waals surface area (Å²) in [7, 11) is 0. The summed E-state index contributed by atoms with van der Waals surface area (Å²) in [5.41, 5.74) is 4.32. The number of benzene rings is 3. The monoisotopic (exact) mass is 526 g/mol. The Balaban J connectivity index is 1.30. The number of nitrogens with one attached hydrogen (secondary N) is 2. The molecule has 5 rings (SSSR count). The van der Waals surface area contributed by atoms with Crippen LogP contribution in [0.2, 0.25) is 0 Å². The summed E-state index contributed by atoms with van der Waals surface area (Å²) in [5, 5.41) is 18.0. The number of nitro groups is 1. The van der Waals surface area contributed by atoms with E-state index < -0.39 is 22.8 Å². The van der Waals surface area contributed by atoms with Gasteiger partial charge in [0.25, 0.3) is 17.5 Å². The van der Waals surface area contributed by atoms with Gasteiger partial charge >= 0.3 is 0 Å².